The van der Waals surface area contributed by atoms with Crippen molar-refractivity contribution < 1.29 is 23.3 Å². The quantitative estimate of drug-likeness (QED) is 0.159. The molecule has 33 heavy (non-hydrogen) atoms. The highest BCUT2D eigenvalue weighted by Crippen LogP contribution is 2.24. The van der Waals surface area contributed by atoms with Crippen LogP contribution in [0.1, 0.15) is 26.3 Å². The van der Waals surface area contributed by atoms with E-state index in [1.165, 1.54) is 19.3 Å². The van der Waals surface area contributed by atoms with Crippen molar-refractivity contribution in [2.45, 2.75) is 6.54 Å². The van der Waals surface area contributed by atoms with Crippen molar-refractivity contribution in [3.8, 4) is 5.75 Å². The van der Waals surface area contributed by atoms with Crippen LogP contribution in [0.3, 0.4) is 0 Å². The first-order valence-electron chi connectivity index (χ1n) is 10.1. The van der Waals surface area contributed by atoms with Crippen LogP contribution in [0.2, 0.25) is 0 Å². The summed E-state index contributed by atoms with van der Waals surface area (Å²) in [5, 5.41) is 0.599. The Hall–Kier alpha value is -3.84. The highest BCUT2D eigenvalue weighted by atomic mass is 79.9. The van der Waals surface area contributed by atoms with E-state index in [1.807, 2.05) is 12.1 Å². The van der Waals surface area contributed by atoms with Crippen LogP contribution in [0.15, 0.2) is 92.8 Å². The van der Waals surface area contributed by atoms with Crippen LogP contribution in [0, 0.1) is 0 Å². The van der Waals surface area contributed by atoms with E-state index in [0.717, 1.165) is 10.0 Å². The number of ketones is 2. The lowest BCUT2D eigenvalue weighted by atomic mass is 10.1. The molecule has 0 unspecified atom stereocenters. The summed E-state index contributed by atoms with van der Waals surface area (Å²) in [5.74, 6) is -0.0448. The van der Waals surface area contributed by atoms with E-state index < -0.39 is 11.4 Å². The molecular formula is C26H19BrNO5+. The Morgan fingerprint density at radius 1 is 1.06 bits per heavy atom. The molecule has 0 amide bonds. The van der Waals surface area contributed by atoms with Gasteiger partial charge in [0.1, 0.15) is 5.56 Å². The van der Waals surface area contributed by atoms with Crippen LogP contribution in [0.25, 0.3) is 17.0 Å². The normalized spacial score (nSPS) is 11.1. The minimum atomic E-state index is -0.723. The molecule has 2 aromatic carbocycles. The van der Waals surface area contributed by atoms with Gasteiger partial charge in [-0.05, 0) is 35.9 Å². The number of halogens is 1. The second-order valence-corrected chi connectivity index (χ2v) is 8.17. The predicted octanol–water partition coefficient (Wildman–Crippen LogP) is 4.63. The van der Waals surface area contributed by atoms with Gasteiger partial charge in [0.2, 0.25) is 12.3 Å². The number of fused-ring (bicyclic) bond motifs is 1. The molecule has 6 nitrogen and oxygen atoms in total. The molecule has 0 spiro atoms. The van der Waals surface area contributed by atoms with Crippen LogP contribution < -0.4 is 14.9 Å². The molecule has 7 heteroatoms. The molecule has 0 aliphatic rings. The third-order valence-corrected chi connectivity index (χ3v) is 5.57. The van der Waals surface area contributed by atoms with Gasteiger partial charge < -0.3 is 9.15 Å². The Labute approximate surface area is 197 Å². The maximum absolute atomic E-state index is 12.6. The van der Waals surface area contributed by atoms with Gasteiger partial charge in [-0.1, -0.05) is 46.3 Å². The fourth-order valence-corrected chi connectivity index (χ4v) is 3.55. The van der Waals surface area contributed by atoms with Crippen molar-refractivity contribution in [1.29, 1.82) is 0 Å². The first-order valence-corrected chi connectivity index (χ1v) is 10.8. The molecule has 0 bridgehead atoms. The molecule has 2 heterocycles. The van der Waals surface area contributed by atoms with E-state index in [2.05, 4.69) is 15.9 Å². The highest BCUT2D eigenvalue weighted by molar-refractivity contribution is 9.10. The summed E-state index contributed by atoms with van der Waals surface area (Å²) in [7, 11) is 1.48. The molecule has 0 aliphatic heterocycles. The smallest absolute Gasteiger partial charge is 0.347 e. The first-order chi connectivity index (χ1) is 15.9. The number of allylic oxidation sites excluding steroid dienone is 1. The van der Waals surface area contributed by atoms with E-state index in [0.29, 0.717) is 22.3 Å². The number of carbonyl (C=O) groups excluding carboxylic acids is 2. The number of methoxy groups -OCH3 is 1. The number of Topliss-reactive ketones (excluding diaryl/α,β-unsaturated/α-hetero) is 1. The van der Waals surface area contributed by atoms with Crippen molar-refractivity contribution in [2.24, 2.45) is 0 Å². The third kappa shape index (κ3) is 5.15. The van der Waals surface area contributed by atoms with E-state index >= 15 is 0 Å². The molecule has 4 aromatic rings. The van der Waals surface area contributed by atoms with Crippen molar-refractivity contribution in [3.63, 3.8) is 0 Å². The van der Waals surface area contributed by atoms with Gasteiger partial charge in [-0.25, -0.2) is 4.79 Å². The third-order valence-electron chi connectivity index (χ3n) is 5.05. The van der Waals surface area contributed by atoms with Gasteiger partial charge in [-0.3, -0.25) is 9.59 Å². The van der Waals surface area contributed by atoms with Gasteiger partial charge in [0.05, 0.1) is 7.11 Å². The number of pyridine rings is 1. The van der Waals surface area contributed by atoms with E-state index in [4.69, 9.17) is 9.15 Å². The van der Waals surface area contributed by atoms with Crippen LogP contribution in [0.4, 0.5) is 0 Å². The molecule has 0 saturated heterocycles. The van der Waals surface area contributed by atoms with Gasteiger partial charge in [0.25, 0.3) is 0 Å². The maximum atomic E-state index is 12.6. The first kappa shape index (κ1) is 22.4. The molecule has 0 fully saturated rings. The maximum Gasteiger partial charge on any atom is 0.347 e. The minimum Gasteiger partial charge on any atom is -0.493 e. The van der Waals surface area contributed by atoms with Crippen LogP contribution in [-0.4, -0.2) is 18.7 Å². The number of nitrogens with zero attached hydrogens (tertiary/aromatic N) is 1. The Morgan fingerprint density at radius 3 is 2.48 bits per heavy atom. The standard InChI is InChI=1S/C26H19BrNO5/c1-32-24-4-2-3-19-15-21(26(31)33-25(19)24)22(29)10-5-17-11-13-28(14-12-17)16-23(30)18-6-8-20(27)9-7-18/h2-15H,16H2,1H3/q+1/b10-5+. The summed E-state index contributed by atoms with van der Waals surface area (Å²) in [6.07, 6.45) is 6.46. The molecule has 2 aromatic heterocycles. The lowest BCUT2D eigenvalue weighted by Gasteiger charge is -2.04. The molecule has 164 valence electrons. The average molecular weight is 505 g/mol. The average Bonchev–Trinajstić information content (AvgIpc) is 2.83. The largest absolute Gasteiger partial charge is 0.493 e. The summed E-state index contributed by atoms with van der Waals surface area (Å²) in [6, 6.07) is 17.5. The number of para-hydroxylation sites is 1. The van der Waals surface area contributed by atoms with Crippen LogP contribution >= 0.6 is 15.9 Å². The number of ether oxygens (including phenoxy) is 1. The van der Waals surface area contributed by atoms with Gasteiger partial charge in [-0.15, -0.1) is 0 Å². The second-order valence-electron chi connectivity index (χ2n) is 7.26. The molecule has 0 atom stereocenters. The summed E-state index contributed by atoms with van der Waals surface area (Å²) in [5.41, 5.74) is 0.905. The Morgan fingerprint density at radius 2 is 1.79 bits per heavy atom. The molecule has 0 saturated carbocycles. The summed E-state index contributed by atoms with van der Waals surface area (Å²) < 4.78 is 13.2. The molecule has 0 radical (unpaired) electrons. The van der Waals surface area contributed by atoms with Gasteiger partial charge in [0, 0.05) is 27.6 Å². The lowest BCUT2D eigenvalue weighted by Crippen LogP contribution is -2.37. The number of aromatic nitrogens is 1. The molecule has 0 N–H and O–H groups in total. The van der Waals surface area contributed by atoms with Gasteiger partial charge in [0.15, 0.2) is 29.5 Å². The van der Waals surface area contributed by atoms with Crippen molar-refractivity contribution in [2.75, 3.05) is 7.11 Å². The molecule has 0 aliphatic carbocycles. The fourth-order valence-electron chi connectivity index (χ4n) is 3.29. The predicted molar refractivity (Wildman–Crippen MR) is 128 cm³/mol. The van der Waals surface area contributed by atoms with Crippen molar-refractivity contribution >= 4 is 44.5 Å². The number of hydrogen-bond donors (Lipinski definition) is 0. The second kappa shape index (κ2) is 9.75. The van der Waals surface area contributed by atoms with Gasteiger partial charge in [-0.2, -0.15) is 4.57 Å². The molecular weight excluding hydrogens is 486 g/mol. The van der Waals surface area contributed by atoms with Crippen LogP contribution in [0.5, 0.6) is 5.75 Å². The number of hydrogen-bond acceptors (Lipinski definition) is 5. The number of rotatable bonds is 7. The Bertz CT molecular complexity index is 1420. The Balaban J connectivity index is 1.47. The lowest BCUT2D eigenvalue weighted by molar-refractivity contribution is -0.683. The van der Waals surface area contributed by atoms with Crippen molar-refractivity contribution in [3.05, 3.63) is 111 Å². The van der Waals surface area contributed by atoms with E-state index in [-0.39, 0.29) is 17.9 Å². The zero-order valence-corrected chi connectivity index (χ0v) is 19.2. The summed E-state index contributed by atoms with van der Waals surface area (Å²) >= 11 is 3.35. The fraction of sp³-hybridized carbons (Fsp3) is 0.0769. The number of benzene rings is 2. The number of carbonyl (C=O) groups is 2. The monoisotopic (exact) mass is 504 g/mol. The highest BCUT2D eigenvalue weighted by Gasteiger charge is 2.14. The van der Waals surface area contributed by atoms with Crippen molar-refractivity contribution in [1.82, 2.24) is 0 Å². The SMILES string of the molecule is COc1cccc2cc(C(=O)/C=C/c3cc[n+](CC(=O)c4ccc(Br)cc4)cc3)c(=O)oc12. The summed E-state index contributed by atoms with van der Waals surface area (Å²) in [4.78, 5) is 37.3. The minimum absolute atomic E-state index is 0.00868. The Kier molecular flexibility index (Phi) is 6.60. The van der Waals surface area contributed by atoms with Gasteiger partial charge >= 0.3 is 5.63 Å². The zero-order chi connectivity index (χ0) is 23.4. The topological polar surface area (TPSA) is 77.5 Å². The summed E-state index contributed by atoms with van der Waals surface area (Å²) in [6.45, 7) is 0.201. The van der Waals surface area contributed by atoms with Crippen LogP contribution in [-0.2, 0) is 6.54 Å². The molecule has 4 rings (SSSR count). The zero-order valence-electron chi connectivity index (χ0n) is 17.7. The van der Waals surface area contributed by atoms with E-state index in [1.54, 1.807) is 65.5 Å². The van der Waals surface area contributed by atoms with E-state index in [9.17, 15) is 14.4 Å².